The predicted octanol–water partition coefficient (Wildman–Crippen LogP) is 6.82. The van der Waals surface area contributed by atoms with Crippen LogP contribution in [0.15, 0.2) is 64.6 Å². The molecule has 0 aliphatic carbocycles. The van der Waals surface area contributed by atoms with Gasteiger partial charge in [0, 0.05) is 27.4 Å². The zero-order valence-corrected chi connectivity index (χ0v) is 16.4. The number of nitrogens with zero attached hydrogens (tertiary/aromatic N) is 1. The van der Waals surface area contributed by atoms with Crippen LogP contribution in [0, 0.1) is 11.3 Å². The lowest BCUT2D eigenvalue weighted by Gasteiger charge is -2.09. The molecule has 3 aromatic rings. The molecule has 1 aromatic heterocycles. The zero-order valence-electron chi connectivity index (χ0n) is 14.9. The van der Waals surface area contributed by atoms with Gasteiger partial charge in [-0.15, -0.1) is 0 Å². The summed E-state index contributed by atoms with van der Waals surface area (Å²) >= 11 is 11.9. The standard InChI is InChI=1S/C21H11Cl2F3N2O2/c22-15-6-12(7-16(23)10-15)19-5-4-18(30-19)8-13(11-27)20(29)28-17-3-1-2-14(9-17)21(24,25)26/h1-10H,(H,28,29). The summed E-state index contributed by atoms with van der Waals surface area (Å²) in [6, 6.07) is 13.8. The van der Waals surface area contributed by atoms with Crippen LogP contribution in [-0.4, -0.2) is 5.91 Å². The maximum atomic E-state index is 12.8. The van der Waals surface area contributed by atoms with Crippen LogP contribution in [0.1, 0.15) is 11.3 Å². The van der Waals surface area contributed by atoms with Gasteiger partial charge in [-0.05, 0) is 48.5 Å². The van der Waals surface area contributed by atoms with Crippen molar-refractivity contribution < 1.29 is 22.4 Å². The van der Waals surface area contributed by atoms with Crippen molar-refractivity contribution in [3.05, 3.63) is 81.5 Å². The van der Waals surface area contributed by atoms with E-state index < -0.39 is 17.6 Å². The van der Waals surface area contributed by atoms with E-state index in [-0.39, 0.29) is 17.0 Å². The molecule has 0 fully saturated rings. The van der Waals surface area contributed by atoms with Crippen molar-refractivity contribution in [2.75, 3.05) is 5.32 Å². The minimum absolute atomic E-state index is 0.0929. The van der Waals surface area contributed by atoms with Crippen LogP contribution in [-0.2, 0) is 11.0 Å². The lowest BCUT2D eigenvalue weighted by Crippen LogP contribution is -2.14. The molecular weight excluding hydrogens is 440 g/mol. The summed E-state index contributed by atoms with van der Waals surface area (Å²) in [7, 11) is 0. The Morgan fingerprint density at radius 1 is 1.07 bits per heavy atom. The highest BCUT2D eigenvalue weighted by Crippen LogP contribution is 2.31. The van der Waals surface area contributed by atoms with Gasteiger partial charge in [0.2, 0.25) is 0 Å². The Hall–Kier alpha value is -3.21. The first-order chi connectivity index (χ1) is 14.2. The number of nitriles is 1. The highest BCUT2D eigenvalue weighted by molar-refractivity contribution is 6.35. The first-order valence-corrected chi connectivity index (χ1v) is 9.08. The summed E-state index contributed by atoms with van der Waals surface area (Å²) in [5.74, 6) is -0.279. The number of benzene rings is 2. The molecule has 1 amide bonds. The molecule has 1 heterocycles. The lowest BCUT2D eigenvalue weighted by molar-refractivity contribution is -0.137. The second-order valence-electron chi connectivity index (χ2n) is 6.06. The van der Waals surface area contributed by atoms with Crippen molar-refractivity contribution in [3.63, 3.8) is 0 Å². The number of furan rings is 1. The molecule has 1 N–H and O–H groups in total. The van der Waals surface area contributed by atoms with E-state index in [0.717, 1.165) is 18.2 Å². The van der Waals surface area contributed by atoms with E-state index in [0.29, 0.717) is 21.4 Å². The molecule has 3 rings (SSSR count). The van der Waals surface area contributed by atoms with E-state index in [2.05, 4.69) is 5.32 Å². The molecule has 0 unspecified atom stereocenters. The topological polar surface area (TPSA) is 66.0 Å². The predicted molar refractivity (Wildman–Crippen MR) is 108 cm³/mol. The number of anilines is 1. The number of carbonyl (C=O) groups is 1. The number of rotatable bonds is 4. The molecule has 152 valence electrons. The molecular formula is C21H11Cl2F3N2O2. The van der Waals surface area contributed by atoms with E-state index >= 15 is 0 Å². The molecule has 0 aliphatic heterocycles. The van der Waals surface area contributed by atoms with Crippen LogP contribution in [0.25, 0.3) is 17.4 Å². The number of carbonyl (C=O) groups excluding carboxylic acids is 1. The Labute approximate surface area is 179 Å². The Balaban J connectivity index is 1.82. The molecule has 9 heteroatoms. The third-order valence-electron chi connectivity index (χ3n) is 3.87. The summed E-state index contributed by atoms with van der Waals surface area (Å²) in [4.78, 5) is 12.3. The maximum Gasteiger partial charge on any atom is 0.416 e. The van der Waals surface area contributed by atoms with Crippen LogP contribution < -0.4 is 5.32 Å². The lowest BCUT2D eigenvalue weighted by atomic mass is 10.1. The summed E-state index contributed by atoms with van der Waals surface area (Å²) in [5, 5.41) is 12.4. The first kappa shape index (κ1) is 21.5. The van der Waals surface area contributed by atoms with Crippen molar-refractivity contribution in [2.24, 2.45) is 0 Å². The van der Waals surface area contributed by atoms with E-state index in [1.165, 1.54) is 18.2 Å². The Kier molecular flexibility index (Phi) is 6.20. The number of alkyl halides is 3. The third kappa shape index (κ3) is 5.23. The van der Waals surface area contributed by atoms with Crippen molar-refractivity contribution >= 4 is 40.9 Å². The van der Waals surface area contributed by atoms with Crippen LogP contribution in [0.3, 0.4) is 0 Å². The molecule has 0 spiro atoms. The monoisotopic (exact) mass is 450 g/mol. The van der Waals surface area contributed by atoms with Gasteiger partial charge in [-0.25, -0.2) is 0 Å². The van der Waals surface area contributed by atoms with E-state index in [4.69, 9.17) is 27.6 Å². The normalized spacial score (nSPS) is 11.8. The second-order valence-corrected chi connectivity index (χ2v) is 6.94. The van der Waals surface area contributed by atoms with E-state index in [9.17, 15) is 23.2 Å². The molecule has 0 saturated carbocycles. The largest absolute Gasteiger partial charge is 0.457 e. The van der Waals surface area contributed by atoms with Crippen molar-refractivity contribution in [1.29, 1.82) is 5.26 Å². The number of halogens is 5. The van der Waals surface area contributed by atoms with Crippen LogP contribution in [0.5, 0.6) is 0 Å². The minimum Gasteiger partial charge on any atom is -0.457 e. The van der Waals surface area contributed by atoms with Crippen molar-refractivity contribution in [1.82, 2.24) is 0 Å². The molecule has 0 saturated heterocycles. The number of nitrogens with one attached hydrogen (secondary N) is 1. The van der Waals surface area contributed by atoms with Crippen LogP contribution >= 0.6 is 23.2 Å². The van der Waals surface area contributed by atoms with E-state index in [1.807, 2.05) is 0 Å². The van der Waals surface area contributed by atoms with Gasteiger partial charge >= 0.3 is 6.18 Å². The second kappa shape index (κ2) is 8.66. The number of hydrogen-bond donors (Lipinski definition) is 1. The van der Waals surface area contributed by atoms with Gasteiger partial charge < -0.3 is 9.73 Å². The third-order valence-corrected chi connectivity index (χ3v) is 4.31. The quantitative estimate of drug-likeness (QED) is 0.350. The van der Waals surface area contributed by atoms with Gasteiger partial charge in [-0.1, -0.05) is 29.3 Å². The van der Waals surface area contributed by atoms with Gasteiger partial charge in [-0.2, -0.15) is 18.4 Å². The van der Waals surface area contributed by atoms with Gasteiger partial charge in [0.05, 0.1) is 5.56 Å². The fraction of sp³-hybridized carbons (Fsp3) is 0.0476. The Morgan fingerprint density at radius 2 is 1.77 bits per heavy atom. The van der Waals surface area contributed by atoms with E-state index in [1.54, 1.807) is 30.3 Å². The number of amides is 1. The summed E-state index contributed by atoms with van der Waals surface area (Å²) in [6.45, 7) is 0. The molecule has 4 nitrogen and oxygen atoms in total. The molecule has 30 heavy (non-hydrogen) atoms. The van der Waals surface area contributed by atoms with Gasteiger partial charge in [0.15, 0.2) is 0 Å². The summed E-state index contributed by atoms with van der Waals surface area (Å²) < 4.78 is 44.0. The van der Waals surface area contributed by atoms with Gasteiger partial charge in [0.25, 0.3) is 5.91 Å². The van der Waals surface area contributed by atoms with Crippen LogP contribution in [0.4, 0.5) is 18.9 Å². The Morgan fingerprint density at radius 3 is 2.40 bits per heavy atom. The van der Waals surface area contributed by atoms with Crippen LogP contribution in [0.2, 0.25) is 10.0 Å². The average Bonchev–Trinajstić information content (AvgIpc) is 3.13. The fourth-order valence-electron chi connectivity index (χ4n) is 2.54. The maximum absolute atomic E-state index is 12.8. The minimum atomic E-state index is -4.55. The highest BCUT2D eigenvalue weighted by atomic mass is 35.5. The van der Waals surface area contributed by atoms with Gasteiger partial charge in [0.1, 0.15) is 23.2 Å². The van der Waals surface area contributed by atoms with Crippen molar-refractivity contribution in [2.45, 2.75) is 6.18 Å². The van der Waals surface area contributed by atoms with Crippen molar-refractivity contribution in [3.8, 4) is 17.4 Å². The summed E-state index contributed by atoms with van der Waals surface area (Å²) in [5.41, 5.74) is -0.764. The smallest absolute Gasteiger partial charge is 0.416 e. The molecule has 0 bridgehead atoms. The highest BCUT2D eigenvalue weighted by Gasteiger charge is 2.30. The molecule has 0 atom stereocenters. The summed E-state index contributed by atoms with van der Waals surface area (Å²) in [6.07, 6.45) is -3.37. The number of hydrogen-bond acceptors (Lipinski definition) is 3. The molecule has 2 aromatic carbocycles. The molecule has 0 radical (unpaired) electrons. The van der Waals surface area contributed by atoms with Gasteiger partial charge in [-0.3, -0.25) is 4.79 Å². The first-order valence-electron chi connectivity index (χ1n) is 8.32. The molecule has 0 aliphatic rings. The zero-order chi connectivity index (χ0) is 21.9. The average molecular weight is 451 g/mol. The Bertz CT molecular complexity index is 1160. The SMILES string of the molecule is N#CC(=Cc1ccc(-c2cc(Cl)cc(Cl)c2)o1)C(=O)Nc1cccc(C(F)(F)F)c1. The fourth-order valence-corrected chi connectivity index (χ4v) is 3.07.